The van der Waals surface area contributed by atoms with Gasteiger partial charge in [-0.2, -0.15) is 17.6 Å². The number of carbonyl (C=O) groups excluding carboxylic acids is 1. The minimum atomic E-state index is -4.87. The summed E-state index contributed by atoms with van der Waals surface area (Å²) in [5, 5.41) is 11.6. The van der Waals surface area contributed by atoms with Gasteiger partial charge >= 0.3 is 6.18 Å². The van der Waals surface area contributed by atoms with Gasteiger partial charge in [0.25, 0.3) is 5.91 Å². The van der Waals surface area contributed by atoms with E-state index >= 15 is 0 Å². The van der Waals surface area contributed by atoms with Crippen LogP contribution in [0.25, 0.3) is 0 Å². The number of hydrogen-bond donors (Lipinski definition) is 2. The first-order valence-electron chi connectivity index (χ1n) is 11.8. The third-order valence-electron chi connectivity index (χ3n) is 7.11. The number of amides is 1. The number of hydrogen-bond acceptors (Lipinski definition) is 6. The van der Waals surface area contributed by atoms with Gasteiger partial charge in [-0.3, -0.25) is 9.78 Å². The first kappa shape index (κ1) is 27.2. The zero-order valence-electron chi connectivity index (χ0n) is 20.1. The van der Waals surface area contributed by atoms with Gasteiger partial charge in [0.05, 0.1) is 37.4 Å². The summed E-state index contributed by atoms with van der Waals surface area (Å²) in [7, 11) is 0. The van der Waals surface area contributed by atoms with Crippen molar-refractivity contribution in [2.24, 2.45) is 11.8 Å². The molecular weight excluding hydrogens is 503 g/mol. The summed E-state index contributed by atoms with van der Waals surface area (Å²) in [6, 6.07) is 4.77. The number of anilines is 1. The maximum Gasteiger partial charge on any atom is 0.417 e. The standard InChI is InChI=1S/C25H27F5N2O5/c1-13-19(17-5-6-18(26)20(27)21(17)36-12-14-7-8-35-11-14)22(37-24(13,2)25(28,29)30)23(34)32-15-3-4-16(10-33)31-9-15/h3-6,9,13-14,19,22,33H,7-8,10-12H2,1-2H3,(H,32,34)/t13-,14+,19?,22+,24+/m0/s1. The monoisotopic (exact) mass is 530 g/mol. The van der Waals surface area contributed by atoms with Gasteiger partial charge in [-0.25, -0.2) is 4.39 Å². The average Bonchev–Trinajstić information content (AvgIpc) is 3.47. The van der Waals surface area contributed by atoms with Crippen molar-refractivity contribution in [3.05, 3.63) is 53.4 Å². The van der Waals surface area contributed by atoms with Crippen molar-refractivity contribution >= 4 is 11.6 Å². The summed E-state index contributed by atoms with van der Waals surface area (Å²) in [6.07, 6.45) is -4.73. The van der Waals surface area contributed by atoms with Crippen LogP contribution in [-0.2, 0) is 20.9 Å². The predicted molar refractivity (Wildman–Crippen MR) is 121 cm³/mol. The van der Waals surface area contributed by atoms with Gasteiger partial charge in [0.15, 0.2) is 17.2 Å². The molecule has 0 saturated carbocycles. The lowest BCUT2D eigenvalue weighted by Crippen LogP contribution is -2.47. The molecule has 0 bridgehead atoms. The van der Waals surface area contributed by atoms with Crippen LogP contribution in [0.5, 0.6) is 5.75 Å². The van der Waals surface area contributed by atoms with Crippen LogP contribution < -0.4 is 10.1 Å². The summed E-state index contributed by atoms with van der Waals surface area (Å²) in [6.45, 7) is 2.54. The van der Waals surface area contributed by atoms with Crippen molar-refractivity contribution in [3.8, 4) is 5.75 Å². The Hall–Kier alpha value is -2.83. The normalized spacial score (nSPS) is 27.9. The number of aromatic nitrogens is 1. The number of ether oxygens (including phenoxy) is 3. The number of halogens is 5. The second-order valence-electron chi connectivity index (χ2n) is 9.46. The van der Waals surface area contributed by atoms with Gasteiger partial charge in [-0.05, 0) is 31.5 Å². The highest BCUT2D eigenvalue weighted by Crippen LogP contribution is 2.55. The Kier molecular flexibility index (Phi) is 7.72. The summed E-state index contributed by atoms with van der Waals surface area (Å²) in [5.41, 5.74) is -2.39. The number of aliphatic hydroxyl groups is 1. The molecule has 0 spiro atoms. The first-order valence-corrected chi connectivity index (χ1v) is 11.8. The van der Waals surface area contributed by atoms with E-state index in [9.17, 15) is 26.7 Å². The van der Waals surface area contributed by atoms with E-state index in [-0.39, 0.29) is 30.4 Å². The van der Waals surface area contributed by atoms with Crippen LogP contribution in [0.3, 0.4) is 0 Å². The topological polar surface area (TPSA) is 89.9 Å². The molecule has 2 aliphatic heterocycles. The lowest BCUT2D eigenvalue weighted by Gasteiger charge is -2.32. The molecule has 3 heterocycles. The average molecular weight is 530 g/mol. The van der Waals surface area contributed by atoms with Crippen LogP contribution in [-0.4, -0.2) is 53.7 Å². The molecule has 0 aliphatic carbocycles. The number of aliphatic hydroxyl groups excluding tert-OH is 1. The zero-order valence-corrected chi connectivity index (χ0v) is 20.1. The van der Waals surface area contributed by atoms with Gasteiger partial charge in [-0.1, -0.05) is 13.0 Å². The molecule has 0 radical (unpaired) electrons. The molecule has 2 aliphatic rings. The highest BCUT2D eigenvalue weighted by Gasteiger charge is 2.66. The molecule has 37 heavy (non-hydrogen) atoms. The van der Waals surface area contributed by atoms with Crippen molar-refractivity contribution in [2.45, 2.75) is 50.7 Å². The number of carbonyl (C=O) groups is 1. The number of pyridine rings is 1. The largest absolute Gasteiger partial charge is 0.490 e. The number of rotatable bonds is 7. The lowest BCUT2D eigenvalue weighted by molar-refractivity contribution is -0.272. The minimum absolute atomic E-state index is 0.0361. The van der Waals surface area contributed by atoms with Crippen LogP contribution in [0.2, 0.25) is 0 Å². The molecule has 1 aromatic carbocycles. The molecule has 2 aromatic rings. The summed E-state index contributed by atoms with van der Waals surface area (Å²) >= 11 is 0. The van der Waals surface area contributed by atoms with Crippen molar-refractivity contribution in [3.63, 3.8) is 0 Å². The molecule has 2 saturated heterocycles. The smallest absolute Gasteiger partial charge is 0.417 e. The maximum atomic E-state index is 15.0. The Bertz CT molecular complexity index is 1120. The molecule has 202 valence electrons. The van der Waals surface area contributed by atoms with Gasteiger partial charge in [0.2, 0.25) is 5.82 Å². The zero-order chi connectivity index (χ0) is 27.0. The fourth-order valence-corrected chi connectivity index (χ4v) is 4.70. The third-order valence-corrected chi connectivity index (χ3v) is 7.11. The Morgan fingerprint density at radius 2 is 2.03 bits per heavy atom. The highest BCUT2D eigenvalue weighted by molar-refractivity contribution is 5.95. The molecule has 2 N–H and O–H groups in total. The molecule has 7 nitrogen and oxygen atoms in total. The predicted octanol–water partition coefficient (Wildman–Crippen LogP) is 4.35. The van der Waals surface area contributed by atoms with Crippen LogP contribution in [0, 0.1) is 23.5 Å². The lowest BCUT2D eigenvalue weighted by atomic mass is 9.77. The quantitative estimate of drug-likeness (QED) is 0.518. The van der Waals surface area contributed by atoms with Crippen LogP contribution in [0.15, 0.2) is 30.5 Å². The Morgan fingerprint density at radius 1 is 1.27 bits per heavy atom. The van der Waals surface area contributed by atoms with Gasteiger partial charge in [-0.15, -0.1) is 0 Å². The third kappa shape index (κ3) is 5.27. The molecular formula is C25H27F5N2O5. The molecule has 12 heteroatoms. The molecule has 5 atom stereocenters. The summed E-state index contributed by atoms with van der Waals surface area (Å²) in [5.74, 6) is -6.87. The first-order chi connectivity index (χ1) is 17.5. The Labute approximate surface area is 209 Å². The fraction of sp³-hybridized carbons (Fsp3) is 0.520. The molecule has 4 rings (SSSR count). The van der Waals surface area contributed by atoms with E-state index in [1.807, 2.05) is 0 Å². The van der Waals surface area contributed by atoms with E-state index in [0.717, 1.165) is 19.1 Å². The van der Waals surface area contributed by atoms with Crippen molar-refractivity contribution < 1.29 is 46.1 Å². The van der Waals surface area contributed by atoms with E-state index in [0.29, 0.717) is 25.3 Å². The molecule has 1 aromatic heterocycles. The van der Waals surface area contributed by atoms with E-state index in [1.165, 1.54) is 25.3 Å². The van der Waals surface area contributed by atoms with E-state index in [2.05, 4.69) is 10.3 Å². The van der Waals surface area contributed by atoms with Crippen molar-refractivity contribution in [1.82, 2.24) is 4.98 Å². The summed E-state index contributed by atoms with van der Waals surface area (Å²) < 4.78 is 87.9. The number of nitrogens with zero attached hydrogens (tertiary/aromatic N) is 1. The van der Waals surface area contributed by atoms with E-state index in [4.69, 9.17) is 19.3 Å². The van der Waals surface area contributed by atoms with Gasteiger partial charge in [0.1, 0.15) is 6.10 Å². The van der Waals surface area contributed by atoms with Crippen molar-refractivity contribution in [2.75, 3.05) is 25.1 Å². The number of nitrogens with one attached hydrogen (secondary N) is 1. The Balaban J connectivity index is 1.71. The van der Waals surface area contributed by atoms with Gasteiger partial charge < -0.3 is 24.6 Å². The highest BCUT2D eigenvalue weighted by atomic mass is 19.4. The second kappa shape index (κ2) is 10.5. The summed E-state index contributed by atoms with van der Waals surface area (Å²) in [4.78, 5) is 17.2. The molecule has 1 unspecified atom stereocenters. The van der Waals surface area contributed by atoms with Gasteiger partial charge in [0, 0.05) is 29.9 Å². The van der Waals surface area contributed by atoms with Crippen molar-refractivity contribution in [1.29, 1.82) is 0 Å². The minimum Gasteiger partial charge on any atom is -0.490 e. The number of alkyl halides is 3. The SMILES string of the molecule is C[C@H]1C(c2ccc(F)c(F)c2OC[C@@H]2CCOC2)[C@H](C(=O)Nc2ccc(CO)nc2)O[C@@]1(C)C(F)(F)F. The van der Waals surface area contributed by atoms with Crippen LogP contribution >= 0.6 is 0 Å². The molecule has 1 amide bonds. The van der Waals surface area contributed by atoms with E-state index < -0.39 is 53.0 Å². The Morgan fingerprint density at radius 3 is 2.62 bits per heavy atom. The second-order valence-corrected chi connectivity index (χ2v) is 9.46. The van der Waals surface area contributed by atoms with Crippen LogP contribution in [0.1, 0.15) is 37.4 Å². The maximum absolute atomic E-state index is 15.0. The van der Waals surface area contributed by atoms with E-state index in [1.54, 1.807) is 0 Å². The fourth-order valence-electron chi connectivity index (χ4n) is 4.70. The number of benzene rings is 1. The van der Waals surface area contributed by atoms with Crippen LogP contribution in [0.4, 0.5) is 27.6 Å². The molecule has 2 fully saturated rings.